The lowest BCUT2D eigenvalue weighted by Crippen LogP contribution is -2.39. The minimum Gasteiger partial charge on any atom is -0.357 e. The first kappa shape index (κ1) is 16.1. The van der Waals surface area contributed by atoms with Crippen LogP contribution in [0.1, 0.15) is 55.0 Å². The van der Waals surface area contributed by atoms with E-state index < -0.39 is 0 Å². The SMILES string of the molecule is Cn1cc(CN2CCc3c([nH]c4ccccc34)[C@@H]2C2CCCCC2)cn1. The molecule has 0 radical (unpaired) electrons. The Labute approximate surface area is 155 Å². The summed E-state index contributed by atoms with van der Waals surface area (Å²) in [6.07, 6.45) is 12.2. The van der Waals surface area contributed by atoms with E-state index in [1.54, 1.807) is 5.56 Å². The van der Waals surface area contributed by atoms with Crippen LogP contribution < -0.4 is 0 Å². The molecule has 2 aliphatic rings. The molecular formula is C22H28N4. The number of aryl methyl sites for hydroxylation is 1. The van der Waals surface area contributed by atoms with Crippen molar-refractivity contribution in [3.05, 3.63) is 53.5 Å². The van der Waals surface area contributed by atoms with Crippen LogP contribution in [-0.2, 0) is 20.0 Å². The van der Waals surface area contributed by atoms with Crippen LogP contribution in [0.4, 0.5) is 0 Å². The summed E-state index contributed by atoms with van der Waals surface area (Å²) in [4.78, 5) is 6.53. The van der Waals surface area contributed by atoms with Crippen molar-refractivity contribution in [1.29, 1.82) is 0 Å². The standard InChI is InChI=1S/C22H28N4/c1-25-14-16(13-23-25)15-26-12-11-19-18-9-5-6-10-20(18)24-21(19)22(26)17-7-3-2-4-8-17/h5-6,9-10,13-14,17,22,24H,2-4,7-8,11-12,15H2,1H3/t22-/m0/s1. The zero-order valence-corrected chi connectivity index (χ0v) is 15.6. The van der Waals surface area contributed by atoms with E-state index in [-0.39, 0.29) is 0 Å². The van der Waals surface area contributed by atoms with Crippen LogP contribution in [0.15, 0.2) is 36.7 Å². The maximum atomic E-state index is 4.38. The average molecular weight is 348 g/mol. The molecule has 3 aromatic rings. The third-order valence-corrected chi connectivity index (χ3v) is 6.43. The number of hydrogen-bond acceptors (Lipinski definition) is 2. The molecule has 2 aromatic heterocycles. The van der Waals surface area contributed by atoms with E-state index in [0.29, 0.717) is 6.04 Å². The number of benzene rings is 1. The van der Waals surface area contributed by atoms with Crippen LogP contribution in [-0.4, -0.2) is 26.2 Å². The van der Waals surface area contributed by atoms with Gasteiger partial charge < -0.3 is 4.98 Å². The molecule has 1 atom stereocenters. The first-order valence-electron chi connectivity index (χ1n) is 10.1. The van der Waals surface area contributed by atoms with Crippen LogP contribution in [0.3, 0.4) is 0 Å². The highest BCUT2D eigenvalue weighted by atomic mass is 15.2. The first-order valence-corrected chi connectivity index (χ1v) is 10.1. The van der Waals surface area contributed by atoms with Gasteiger partial charge in [-0.2, -0.15) is 5.10 Å². The molecule has 1 aliphatic heterocycles. The molecule has 1 N–H and O–H groups in total. The van der Waals surface area contributed by atoms with Gasteiger partial charge in [-0.1, -0.05) is 37.5 Å². The summed E-state index contributed by atoms with van der Waals surface area (Å²) in [6.45, 7) is 2.15. The van der Waals surface area contributed by atoms with Crippen molar-refractivity contribution in [2.75, 3.05) is 6.54 Å². The zero-order valence-electron chi connectivity index (χ0n) is 15.6. The number of hydrogen-bond donors (Lipinski definition) is 1. The van der Waals surface area contributed by atoms with E-state index >= 15 is 0 Å². The molecule has 1 fully saturated rings. The van der Waals surface area contributed by atoms with Crippen LogP contribution in [0.2, 0.25) is 0 Å². The third kappa shape index (κ3) is 2.77. The van der Waals surface area contributed by atoms with Crippen molar-refractivity contribution in [3.8, 4) is 0 Å². The summed E-state index contributed by atoms with van der Waals surface area (Å²) >= 11 is 0. The van der Waals surface area contributed by atoms with E-state index in [2.05, 4.69) is 45.4 Å². The zero-order chi connectivity index (χ0) is 17.5. The Balaban J connectivity index is 1.55. The quantitative estimate of drug-likeness (QED) is 0.752. The molecule has 0 unspecified atom stereocenters. The van der Waals surface area contributed by atoms with Gasteiger partial charge >= 0.3 is 0 Å². The maximum Gasteiger partial charge on any atom is 0.0534 e. The van der Waals surface area contributed by atoms with Gasteiger partial charge in [0.25, 0.3) is 0 Å². The van der Waals surface area contributed by atoms with Gasteiger partial charge in [-0.25, -0.2) is 0 Å². The van der Waals surface area contributed by atoms with Gasteiger partial charge in [0.1, 0.15) is 0 Å². The molecule has 26 heavy (non-hydrogen) atoms. The molecule has 1 aromatic carbocycles. The number of nitrogens with zero attached hydrogens (tertiary/aromatic N) is 3. The largest absolute Gasteiger partial charge is 0.357 e. The highest BCUT2D eigenvalue weighted by Crippen LogP contribution is 2.44. The smallest absolute Gasteiger partial charge is 0.0534 e. The molecule has 136 valence electrons. The Hall–Kier alpha value is -2.07. The van der Waals surface area contributed by atoms with Gasteiger partial charge in [0.2, 0.25) is 0 Å². The van der Waals surface area contributed by atoms with Crippen molar-refractivity contribution >= 4 is 10.9 Å². The van der Waals surface area contributed by atoms with Crippen LogP contribution in [0.5, 0.6) is 0 Å². The fourth-order valence-electron chi connectivity index (χ4n) is 5.27. The topological polar surface area (TPSA) is 36.9 Å². The van der Waals surface area contributed by atoms with Crippen LogP contribution >= 0.6 is 0 Å². The molecule has 0 spiro atoms. The molecule has 1 saturated carbocycles. The summed E-state index contributed by atoms with van der Waals surface area (Å²) in [5, 5.41) is 5.82. The van der Waals surface area contributed by atoms with Crippen molar-refractivity contribution in [1.82, 2.24) is 19.7 Å². The van der Waals surface area contributed by atoms with Gasteiger partial charge in [-0.05, 0) is 36.8 Å². The van der Waals surface area contributed by atoms with Crippen LogP contribution in [0, 0.1) is 5.92 Å². The summed E-state index contributed by atoms with van der Waals surface area (Å²) in [6, 6.07) is 9.37. The predicted octanol–water partition coefficient (Wildman–Crippen LogP) is 4.58. The van der Waals surface area contributed by atoms with Gasteiger partial charge in [0.15, 0.2) is 0 Å². The number of H-pyrrole nitrogens is 1. The van der Waals surface area contributed by atoms with E-state index in [0.717, 1.165) is 25.4 Å². The summed E-state index contributed by atoms with van der Waals surface area (Å²) in [7, 11) is 2.01. The Morgan fingerprint density at radius 3 is 2.81 bits per heavy atom. The second-order valence-electron chi connectivity index (χ2n) is 8.15. The third-order valence-electron chi connectivity index (χ3n) is 6.43. The Morgan fingerprint density at radius 1 is 1.15 bits per heavy atom. The molecule has 3 heterocycles. The molecule has 0 bridgehead atoms. The lowest BCUT2D eigenvalue weighted by molar-refractivity contribution is 0.0974. The summed E-state index contributed by atoms with van der Waals surface area (Å²) in [5.74, 6) is 0.771. The normalized spacial score (nSPS) is 22.0. The monoisotopic (exact) mass is 348 g/mol. The Morgan fingerprint density at radius 2 is 2.00 bits per heavy atom. The minimum atomic E-state index is 0.520. The highest BCUT2D eigenvalue weighted by molar-refractivity contribution is 5.85. The molecular weight excluding hydrogens is 320 g/mol. The average Bonchev–Trinajstić information content (AvgIpc) is 3.25. The molecule has 5 rings (SSSR count). The summed E-state index contributed by atoms with van der Waals surface area (Å²) in [5.41, 5.74) is 5.70. The van der Waals surface area contributed by atoms with Crippen molar-refractivity contribution in [3.63, 3.8) is 0 Å². The highest BCUT2D eigenvalue weighted by Gasteiger charge is 2.36. The van der Waals surface area contributed by atoms with Crippen molar-refractivity contribution in [2.45, 2.75) is 51.1 Å². The molecule has 4 heteroatoms. The Bertz CT molecular complexity index is 900. The van der Waals surface area contributed by atoms with Crippen molar-refractivity contribution in [2.24, 2.45) is 13.0 Å². The lowest BCUT2D eigenvalue weighted by Gasteiger charge is -2.41. The molecule has 0 saturated heterocycles. The Kier molecular flexibility index (Phi) is 4.08. The molecule has 0 amide bonds. The number of rotatable bonds is 3. The van der Waals surface area contributed by atoms with Gasteiger partial charge in [0.05, 0.1) is 12.2 Å². The maximum absolute atomic E-state index is 4.38. The van der Waals surface area contributed by atoms with E-state index in [1.165, 1.54) is 54.3 Å². The van der Waals surface area contributed by atoms with E-state index in [9.17, 15) is 0 Å². The van der Waals surface area contributed by atoms with Gasteiger partial charge in [-0.3, -0.25) is 9.58 Å². The van der Waals surface area contributed by atoms with Crippen molar-refractivity contribution < 1.29 is 0 Å². The second-order valence-corrected chi connectivity index (χ2v) is 8.15. The fraction of sp³-hybridized carbons (Fsp3) is 0.500. The molecule has 4 nitrogen and oxygen atoms in total. The first-order chi connectivity index (χ1) is 12.8. The van der Waals surface area contributed by atoms with E-state index in [4.69, 9.17) is 0 Å². The summed E-state index contributed by atoms with van der Waals surface area (Å²) < 4.78 is 1.92. The number of aromatic nitrogens is 3. The fourth-order valence-corrected chi connectivity index (χ4v) is 5.27. The lowest BCUT2D eigenvalue weighted by atomic mass is 9.79. The minimum absolute atomic E-state index is 0.520. The number of nitrogens with one attached hydrogen (secondary N) is 1. The number of fused-ring (bicyclic) bond motifs is 3. The molecule has 1 aliphatic carbocycles. The van der Waals surface area contributed by atoms with Gasteiger partial charge in [0, 0.05) is 48.5 Å². The second kappa shape index (κ2) is 6.58. The number of aromatic amines is 1. The van der Waals surface area contributed by atoms with Gasteiger partial charge in [-0.15, -0.1) is 0 Å². The number of para-hydroxylation sites is 1. The van der Waals surface area contributed by atoms with Crippen LogP contribution in [0.25, 0.3) is 10.9 Å². The van der Waals surface area contributed by atoms with E-state index in [1.807, 2.05) is 17.9 Å². The predicted molar refractivity (Wildman–Crippen MR) is 105 cm³/mol.